The van der Waals surface area contributed by atoms with Crippen molar-refractivity contribution in [2.75, 3.05) is 18.1 Å². The number of anilines is 1. The van der Waals surface area contributed by atoms with Gasteiger partial charge in [-0.25, -0.2) is 4.79 Å². The highest BCUT2D eigenvalue weighted by molar-refractivity contribution is 6.31. The molecule has 3 aromatic rings. The molecule has 0 unspecified atom stereocenters. The molecular formula is C21H18ClN3O3. The van der Waals surface area contributed by atoms with Crippen LogP contribution in [0.5, 0.6) is 0 Å². The lowest BCUT2D eigenvalue weighted by molar-refractivity contribution is -0.121. The number of benzene rings is 2. The van der Waals surface area contributed by atoms with Crippen molar-refractivity contribution >= 4 is 40.1 Å². The molecule has 1 heterocycles. The summed E-state index contributed by atoms with van der Waals surface area (Å²) in [7, 11) is 0. The summed E-state index contributed by atoms with van der Waals surface area (Å²) >= 11 is 6.05. The molecule has 1 aromatic heterocycles. The number of nitrogens with one attached hydrogen (secondary N) is 1. The fourth-order valence-corrected chi connectivity index (χ4v) is 3.00. The van der Waals surface area contributed by atoms with Crippen LogP contribution in [0.25, 0.3) is 10.9 Å². The van der Waals surface area contributed by atoms with Crippen LogP contribution in [0.15, 0.2) is 48.7 Å². The lowest BCUT2D eigenvalue weighted by atomic mass is 10.2. The molecule has 7 heteroatoms. The van der Waals surface area contributed by atoms with Gasteiger partial charge in [-0.15, -0.1) is 0 Å². The van der Waals surface area contributed by atoms with Crippen molar-refractivity contribution in [2.45, 2.75) is 13.3 Å². The number of nitrogens with zero attached hydrogens (tertiary/aromatic N) is 2. The van der Waals surface area contributed by atoms with Crippen LogP contribution in [-0.2, 0) is 9.53 Å². The van der Waals surface area contributed by atoms with Crippen LogP contribution in [-0.4, -0.2) is 30.0 Å². The van der Waals surface area contributed by atoms with Crippen molar-refractivity contribution in [2.24, 2.45) is 0 Å². The highest BCUT2D eigenvalue weighted by Crippen LogP contribution is 2.23. The third kappa shape index (κ3) is 4.16. The molecule has 6 nitrogen and oxygen atoms in total. The zero-order chi connectivity index (χ0) is 20.1. The molecule has 0 bridgehead atoms. The molecule has 2 aromatic carbocycles. The Morgan fingerprint density at radius 2 is 2.04 bits per heavy atom. The maximum Gasteiger partial charge on any atom is 0.340 e. The van der Waals surface area contributed by atoms with Crippen LogP contribution < -0.4 is 4.90 Å². The minimum Gasteiger partial charge on any atom is -0.452 e. The zero-order valence-corrected chi connectivity index (χ0v) is 16.0. The first-order chi connectivity index (χ1) is 13.5. The number of amides is 1. The van der Waals surface area contributed by atoms with Crippen LogP contribution in [0, 0.1) is 18.3 Å². The fourth-order valence-electron chi connectivity index (χ4n) is 2.88. The van der Waals surface area contributed by atoms with Crippen LogP contribution in [0.4, 0.5) is 5.69 Å². The summed E-state index contributed by atoms with van der Waals surface area (Å²) in [5.74, 6) is -0.997. The van der Waals surface area contributed by atoms with Crippen molar-refractivity contribution in [1.29, 1.82) is 5.26 Å². The fraction of sp³-hybridized carbons (Fsp3) is 0.190. The number of rotatable bonds is 6. The second-order valence-electron chi connectivity index (χ2n) is 6.21. The van der Waals surface area contributed by atoms with Crippen molar-refractivity contribution in [1.82, 2.24) is 4.98 Å². The van der Waals surface area contributed by atoms with E-state index >= 15 is 0 Å². The van der Waals surface area contributed by atoms with E-state index in [1.807, 2.05) is 31.2 Å². The predicted octanol–water partition coefficient (Wildman–Crippen LogP) is 4.23. The monoisotopic (exact) mass is 395 g/mol. The maximum atomic E-state index is 12.7. The molecule has 0 radical (unpaired) electrons. The van der Waals surface area contributed by atoms with Crippen LogP contribution >= 0.6 is 11.6 Å². The van der Waals surface area contributed by atoms with Crippen LogP contribution in [0.3, 0.4) is 0 Å². The lowest BCUT2D eigenvalue weighted by Gasteiger charge is -2.22. The molecule has 1 N–H and O–H groups in total. The van der Waals surface area contributed by atoms with E-state index in [0.717, 1.165) is 16.5 Å². The highest BCUT2D eigenvalue weighted by Gasteiger charge is 2.20. The van der Waals surface area contributed by atoms with E-state index in [2.05, 4.69) is 4.98 Å². The topological polar surface area (TPSA) is 86.2 Å². The molecule has 0 spiro atoms. The number of ether oxygens (including phenoxy) is 1. The van der Waals surface area contributed by atoms with E-state index in [1.54, 1.807) is 30.5 Å². The Kier molecular flexibility index (Phi) is 5.97. The van der Waals surface area contributed by atoms with Gasteiger partial charge >= 0.3 is 5.97 Å². The number of hydrogen-bond donors (Lipinski definition) is 1. The summed E-state index contributed by atoms with van der Waals surface area (Å²) in [4.78, 5) is 29.5. The first-order valence-electron chi connectivity index (χ1n) is 8.68. The number of aromatic amines is 1. The van der Waals surface area contributed by atoms with Crippen LogP contribution in [0.2, 0.25) is 5.02 Å². The van der Waals surface area contributed by atoms with Gasteiger partial charge in [-0.1, -0.05) is 29.8 Å². The number of aryl methyl sites for hydroxylation is 1. The van der Waals surface area contributed by atoms with Crippen LogP contribution in [0.1, 0.15) is 22.3 Å². The molecular weight excluding hydrogens is 378 g/mol. The number of halogens is 1. The summed E-state index contributed by atoms with van der Waals surface area (Å²) in [5.41, 5.74) is 2.59. The molecule has 0 aliphatic heterocycles. The number of hydrogen-bond acceptors (Lipinski definition) is 4. The average molecular weight is 396 g/mol. The Bertz CT molecular complexity index is 1070. The summed E-state index contributed by atoms with van der Waals surface area (Å²) in [6, 6.07) is 14.5. The number of fused-ring (bicyclic) bond motifs is 1. The van der Waals surface area contributed by atoms with Gasteiger partial charge in [-0.05, 0) is 36.8 Å². The molecule has 0 aliphatic rings. The summed E-state index contributed by atoms with van der Waals surface area (Å²) < 4.78 is 5.23. The van der Waals surface area contributed by atoms with Gasteiger partial charge in [-0.3, -0.25) is 4.79 Å². The first-order valence-corrected chi connectivity index (χ1v) is 9.05. The molecule has 142 valence electrons. The number of carbonyl (C=O) groups excluding carboxylic acids is 2. The largest absolute Gasteiger partial charge is 0.452 e. The molecule has 0 fully saturated rings. The van der Waals surface area contributed by atoms with Gasteiger partial charge in [0.15, 0.2) is 6.61 Å². The normalized spacial score (nSPS) is 10.5. The van der Waals surface area contributed by atoms with Crippen molar-refractivity contribution in [3.05, 3.63) is 64.8 Å². The Labute approximate surface area is 167 Å². The van der Waals surface area contributed by atoms with Crippen molar-refractivity contribution in [3.8, 4) is 6.07 Å². The quantitative estimate of drug-likeness (QED) is 0.632. The summed E-state index contributed by atoms with van der Waals surface area (Å²) in [5, 5.41) is 10.2. The van der Waals surface area contributed by atoms with Gasteiger partial charge in [0, 0.05) is 34.4 Å². The van der Waals surface area contributed by atoms with Crippen molar-refractivity contribution in [3.63, 3.8) is 0 Å². The predicted molar refractivity (Wildman–Crippen MR) is 107 cm³/mol. The Balaban J connectivity index is 1.73. The Hall–Kier alpha value is -3.30. The third-order valence-corrected chi connectivity index (χ3v) is 4.76. The third-order valence-electron chi connectivity index (χ3n) is 4.34. The molecule has 0 atom stereocenters. The molecule has 0 aliphatic carbocycles. The molecule has 0 saturated heterocycles. The van der Waals surface area contributed by atoms with Gasteiger partial charge in [0.2, 0.25) is 0 Å². The second-order valence-corrected chi connectivity index (χ2v) is 6.62. The number of carbonyl (C=O) groups is 2. The van der Waals surface area contributed by atoms with Gasteiger partial charge in [0.05, 0.1) is 18.1 Å². The SMILES string of the molecule is Cc1cc(N(CCC#N)C(=O)COC(=O)c2c[nH]c3ccccc23)ccc1Cl. The smallest absolute Gasteiger partial charge is 0.340 e. The summed E-state index contributed by atoms with van der Waals surface area (Å²) in [6.45, 7) is 1.60. The molecule has 3 rings (SSSR count). The lowest BCUT2D eigenvalue weighted by Crippen LogP contribution is -2.35. The van der Waals surface area contributed by atoms with E-state index in [-0.39, 0.29) is 13.0 Å². The Morgan fingerprint density at radius 3 is 2.79 bits per heavy atom. The average Bonchev–Trinajstić information content (AvgIpc) is 3.13. The highest BCUT2D eigenvalue weighted by atomic mass is 35.5. The standard InChI is InChI=1S/C21H18ClN3O3/c1-14-11-15(7-8-18(14)22)25(10-4-9-23)20(26)13-28-21(27)17-12-24-19-6-3-2-5-16(17)19/h2-3,5-8,11-12,24H,4,10,13H2,1H3. The van der Waals surface area contributed by atoms with E-state index in [0.29, 0.717) is 16.3 Å². The Morgan fingerprint density at radius 1 is 1.25 bits per heavy atom. The van der Waals surface area contributed by atoms with E-state index in [9.17, 15) is 9.59 Å². The molecule has 0 saturated carbocycles. The van der Waals surface area contributed by atoms with E-state index in [4.69, 9.17) is 21.6 Å². The minimum atomic E-state index is -0.585. The van der Waals surface area contributed by atoms with Gasteiger partial charge in [-0.2, -0.15) is 5.26 Å². The maximum absolute atomic E-state index is 12.7. The van der Waals surface area contributed by atoms with Crippen molar-refractivity contribution < 1.29 is 14.3 Å². The van der Waals surface area contributed by atoms with E-state index in [1.165, 1.54) is 4.90 Å². The first kappa shape index (κ1) is 19.5. The van der Waals surface area contributed by atoms with Gasteiger partial charge < -0.3 is 14.6 Å². The number of H-pyrrole nitrogens is 1. The minimum absolute atomic E-state index is 0.157. The zero-order valence-electron chi connectivity index (χ0n) is 15.2. The van der Waals surface area contributed by atoms with Gasteiger partial charge in [0.1, 0.15) is 0 Å². The number of para-hydroxylation sites is 1. The summed E-state index contributed by atoms with van der Waals surface area (Å²) in [6.07, 6.45) is 1.72. The number of aromatic nitrogens is 1. The number of esters is 1. The van der Waals surface area contributed by atoms with E-state index < -0.39 is 18.5 Å². The molecule has 1 amide bonds. The van der Waals surface area contributed by atoms with Gasteiger partial charge in [0.25, 0.3) is 5.91 Å². The second kappa shape index (κ2) is 8.59. The molecule has 28 heavy (non-hydrogen) atoms. The number of nitriles is 1.